The van der Waals surface area contributed by atoms with Crippen molar-refractivity contribution in [3.05, 3.63) is 29.8 Å². The molecule has 1 aromatic rings. The minimum absolute atomic E-state index is 0.0541. The zero-order valence-corrected chi connectivity index (χ0v) is 15.9. The number of likely N-dealkylation sites (tertiary alicyclic amines) is 1. The van der Waals surface area contributed by atoms with E-state index in [1.54, 1.807) is 0 Å². The van der Waals surface area contributed by atoms with Gasteiger partial charge >= 0.3 is 0 Å². The second kappa shape index (κ2) is 8.56. The summed E-state index contributed by atoms with van der Waals surface area (Å²) in [6.45, 7) is 6.83. The number of benzene rings is 1. The maximum atomic E-state index is 12.5. The van der Waals surface area contributed by atoms with Crippen LogP contribution in [0.2, 0.25) is 0 Å². The van der Waals surface area contributed by atoms with Crippen LogP contribution in [0.3, 0.4) is 0 Å². The zero-order chi connectivity index (χ0) is 18.5. The minimum Gasteiger partial charge on any atom is -0.493 e. The molecule has 1 aliphatic heterocycles. The van der Waals surface area contributed by atoms with Gasteiger partial charge in [-0.15, -0.1) is 0 Å². The van der Waals surface area contributed by atoms with E-state index in [-0.39, 0.29) is 23.7 Å². The van der Waals surface area contributed by atoms with Crippen molar-refractivity contribution in [2.24, 2.45) is 17.8 Å². The van der Waals surface area contributed by atoms with Crippen molar-refractivity contribution in [3.8, 4) is 5.75 Å². The average Bonchev–Trinajstić information content (AvgIpc) is 3.50. The Balaban J connectivity index is 1.45. The number of carbonyl (C=O) groups excluding carboxylic acids is 2. The highest BCUT2D eigenvalue weighted by Gasteiger charge is 2.36. The Labute approximate surface area is 156 Å². The lowest BCUT2D eigenvalue weighted by Crippen LogP contribution is -2.45. The van der Waals surface area contributed by atoms with Crippen molar-refractivity contribution >= 4 is 11.8 Å². The molecule has 0 radical (unpaired) electrons. The van der Waals surface area contributed by atoms with E-state index in [0.717, 1.165) is 43.5 Å². The highest BCUT2D eigenvalue weighted by atomic mass is 16.5. The third kappa shape index (κ3) is 5.23. The molecule has 1 aliphatic carbocycles. The van der Waals surface area contributed by atoms with Gasteiger partial charge in [0, 0.05) is 25.6 Å². The van der Waals surface area contributed by atoms with Crippen molar-refractivity contribution in [1.29, 1.82) is 0 Å². The van der Waals surface area contributed by atoms with Crippen molar-refractivity contribution < 1.29 is 14.3 Å². The van der Waals surface area contributed by atoms with Crippen molar-refractivity contribution in [2.45, 2.75) is 46.1 Å². The topological polar surface area (TPSA) is 58.6 Å². The lowest BCUT2D eigenvalue weighted by Gasteiger charge is -2.32. The Hall–Kier alpha value is -2.04. The molecule has 26 heavy (non-hydrogen) atoms. The molecule has 142 valence electrons. The van der Waals surface area contributed by atoms with Crippen LogP contribution in [0.5, 0.6) is 5.75 Å². The summed E-state index contributed by atoms with van der Waals surface area (Å²) in [5.74, 6) is 1.80. The number of rotatable bonds is 7. The van der Waals surface area contributed by atoms with Crippen molar-refractivity contribution in [3.63, 3.8) is 0 Å². The maximum Gasteiger partial charge on any atom is 0.225 e. The fraction of sp³-hybridized carbons (Fsp3) is 0.619. The second-order valence-corrected chi connectivity index (χ2v) is 7.96. The molecule has 2 aliphatic rings. The van der Waals surface area contributed by atoms with Gasteiger partial charge in [0.15, 0.2) is 0 Å². The van der Waals surface area contributed by atoms with Crippen LogP contribution in [-0.2, 0) is 16.1 Å². The first-order valence-electron chi connectivity index (χ1n) is 9.81. The molecule has 0 aromatic heterocycles. The van der Waals surface area contributed by atoms with Gasteiger partial charge in [-0.3, -0.25) is 9.59 Å². The zero-order valence-electron chi connectivity index (χ0n) is 15.9. The fourth-order valence-electron chi connectivity index (χ4n) is 3.28. The van der Waals surface area contributed by atoms with Crippen LogP contribution in [0.15, 0.2) is 24.3 Å². The highest BCUT2D eigenvalue weighted by Crippen LogP contribution is 2.32. The smallest absolute Gasteiger partial charge is 0.225 e. The standard InChI is InChI=1S/C21H30N2O3/c1-15(2)14-26-19-9-5-16(6-10-19)12-22-20(24)18-4-3-11-23(13-18)21(25)17-7-8-17/h5-6,9-10,15,17-18H,3-4,7-8,11-14H2,1-2H3,(H,22,24). The van der Waals surface area contributed by atoms with Gasteiger partial charge in [0.05, 0.1) is 12.5 Å². The predicted molar refractivity (Wildman–Crippen MR) is 101 cm³/mol. The number of nitrogens with one attached hydrogen (secondary N) is 1. The Bertz CT molecular complexity index is 623. The molecule has 1 saturated heterocycles. The second-order valence-electron chi connectivity index (χ2n) is 7.96. The maximum absolute atomic E-state index is 12.5. The molecule has 3 rings (SSSR count). The van der Waals surface area contributed by atoms with E-state index in [2.05, 4.69) is 19.2 Å². The first-order chi connectivity index (χ1) is 12.5. The van der Waals surface area contributed by atoms with Crippen LogP contribution >= 0.6 is 0 Å². The van der Waals surface area contributed by atoms with Gasteiger partial charge in [0.2, 0.25) is 11.8 Å². The van der Waals surface area contributed by atoms with E-state index in [1.807, 2.05) is 29.2 Å². The largest absolute Gasteiger partial charge is 0.493 e. The van der Waals surface area contributed by atoms with Crippen LogP contribution in [0, 0.1) is 17.8 Å². The minimum atomic E-state index is -0.0832. The van der Waals surface area contributed by atoms with E-state index in [9.17, 15) is 9.59 Å². The number of amides is 2. The first kappa shape index (κ1) is 18.7. The van der Waals surface area contributed by atoms with Gasteiger partial charge in [0.25, 0.3) is 0 Å². The molecule has 1 unspecified atom stereocenters. The van der Waals surface area contributed by atoms with Crippen LogP contribution in [0.25, 0.3) is 0 Å². The third-order valence-corrected chi connectivity index (χ3v) is 5.00. The fourth-order valence-corrected chi connectivity index (χ4v) is 3.28. The number of hydrogen-bond acceptors (Lipinski definition) is 3. The molecule has 2 amide bonds. The van der Waals surface area contributed by atoms with E-state index >= 15 is 0 Å². The Morgan fingerprint density at radius 3 is 2.54 bits per heavy atom. The van der Waals surface area contributed by atoms with Gasteiger partial charge in [-0.1, -0.05) is 26.0 Å². The van der Waals surface area contributed by atoms with Gasteiger partial charge < -0.3 is 15.0 Å². The van der Waals surface area contributed by atoms with E-state index in [4.69, 9.17) is 4.74 Å². The molecule has 1 saturated carbocycles. The van der Waals surface area contributed by atoms with Gasteiger partial charge in [0.1, 0.15) is 5.75 Å². The van der Waals surface area contributed by atoms with Crippen LogP contribution in [-0.4, -0.2) is 36.4 Å². The lowest BCUT2D eigenvalue weighted by atomic mass is 9.96. The van der Waals surface area contributed by atoms with Gasteiger partial charge in [-0.05, 0) is 49.3 Å². The summed E-state index contributed by atoms with van der Waals surface area (Å²) in [6.07, 6.45) is 3.81. The first-order valence-corrected chi connectivity index (χ1v) is 9.81. The number of carbonyl (C=O) groups is 2. The number of nitrogens with zero attached hydrogens (tertiary/aromatic N) is 1. The van der Waals surface area contributed by atoms with Crippen LogP contribution < -0.4 is 10.1 Å². The summed E-state index contributed by atoms with van der Waals surface area (Å²) >= 11 is 0. The molecule has 5 heteroatoms. The molecule has 1 N–H and O–H groups in total. The average molecular weight is 358 g/mol. The monoisotopic (exact) mass is 358 g/mol. The molecular formula is C21H30N2O3. The quantitative estimate of drug-likeness (QED) is 0.815. The van der Waals surface area contributed by atoms with Gasteiger partial charge in [-0.2, -0.15) is 0 Å². The van der Waals surface area contributed by atoms with Crippen LogP contribution in [0.1, 0.15) is 45.1 Å². The normalized spacial score (nSPS) is 20.1. The summed E-state index contributed by atoms with van der Waals surface area (Å²) in [7, 11) is 0. The van der Waals surface area contributed by atoms with Crippen molar-refractivity contribution in [2.75, 3.05) is 19.7 Å². The van der Waals surface area contributed by atoms with E-state index in [0.29, 0.717) is 25.6 Å². The molecule has 0 bridgehead atoms. The number of ether oxygens (including phenoxy) is 1. The van der Waals surface area contributed by atoms with E-state index < -0.39 is 0 Å². The summed E-state index contributed by atoms with van der Waals surface area (Å²) in [6, 6.07) is 7.86. The lowest BCUT2D eigenvalue weighted by molar-refractivity contribution is -0.136. The van der Waals surface area contributed by atoms with Crippen molar-refractivity contribution in [1.82, 2.24) is 10.2 Å². The Morgan fingerprint density at radius 1 is 1.15 bits per heavy atom. The van der Waals surface area contributed by atoms with Crippen LogP contribution in [0.4, 0.5) is 0 Å². The molecule has 1 aromatic carbocycles. The number of piperidine rings is 1. The predicted octanol–water partition coefficient (Wildman–Crippen LogP) is 2.99. The molecule has 2 fully saturated rings. The SMILES string of the molecule is CC(C)COc1ccc(CNC(=O)C2CCCN(C(=O)C3CC3)C2)cc1. The van der Waals surface area contributed by atoms with E-state index in [1.165, 1.54) is 0 Å². The summed E-state index contributed by atoms with van der Waals surface area (Å²) in [4.78, 5) is 26.6. The Morgan fingerprint density at radius 2 is 1.88 bits per heavy atom. The molecule has 1 atom stereocenters. The molecule has 1 heterocycles. The summed E-state index contributed by atoms with van der Waals surface area (Å²) < 4.78 is 5.68. The third-order valence-electron chi connectivity index (χ3n) is 5.00. The number of hydrogen-bond donors (Lipinski definition) is 1. The molecular weight excluding hydrogens is 328 g/mol. The Kier molecular flexibility index (Phi) is 6.17. The highest BCUT2D eigenvalue weighted by molar-refractivity contribution is 5.83. The van der Waals surface area contributed by atoms with Gasteiger partial charge in [-0.25, -0.2) is 0 Å². The summed E-state index contributed by atoms with van der Waals surface area (Å²) in [5, 5.41) is 3.02. The summed E-state index contributed by atoms with van der Waals surface area (Å²) in [5.41, 5.74) is 1.05. The molecule has 0 spiro atoms. The molecule has 5 nitrogen and oxygen atoms in total.